The first-order chi connectivity index (χ1) is 7.99. The number of ether oxygens (including phenoxy) is 1. The second-order valence-corrected chi connectivity index (χ2v) is 3.92. The number of amides is 1. The van der Waals surface area contributed by atoms with Crippen molar-refractivity contribution in [3.8, 4) is 0 Å². The summed E-state index contributed by atoms with van der Waals surface area (Å²) in [4.78, 5) is 21.3. The van der Waals surface area contributed by atoms with Crippen molar-refractivity contribution in [3.05, 3.63) is 28.5 Å². The average Bonchev–Trinajstić information content (AvgIpc) is 2.23. The van der Waals surface area contributed by atoms with Gasteiger partial charge in [-0.05, 0) is 34.1 Å². The highest BCUT2D eigenvalue weighted by Gasteiger charge is 2.06. The average molecular weight is 306 g/mol. The third-order valence-corrected chi connectivity index (χ3v) is 2.31. The molecular weight excluding hydrogens is 297 g/mol. The lowest BCUT2D eigenvalue weighted by atomic mass is 10.3. The molecule has 2 N–H and O–H groups in total. The Morgan fingerprint density at radius 3 is 2.71 bits per heavy atom. The predicted octanol–water partition coefficient (Wildman–Crippen LogP) is 1.63. The second-order valence-electron chi connectivity index (χ2n) is 3.06. The monoisotopic (exact) mass is 305 g/mol. The van der Waals surface area contributed by atoms with Crippen molar-refractivity contribution < 1.29 is 23.8 Å². The quantitative estimate of drug-likeness (QED) is 0.867. The zero-order valence-electron chi connectivity index (χ0n) is 8.57. The van der Waals surface area contributed by atoms with Gasteiger partial charge in [0.15, 0.2) is 0 Å². The molecular formula is C10H9BrFNO4. The van der Waals surface area contributed by atoms with Crippen LogP contribution >= 0.6 is 15.9 Å². The number of carboxylic acid groups (broad SMARTS) is 1. The van der Waals surface area contributed by atoms with Crippen LogP contribution in [0.25, 0.3) is 0 Å². The molecule has 0 spiro atoms. The lowest BCUT2D eigenvalue weighted by Gasteiger charge is -2.05. The molecule has 0 heterocycles. The van der Waals surface area contributed by atoms with Crippen molar-refractivity contribution in [2.45, 2.75) is 0 Å². The highest BCUT2D eigenvalue weighted by Crippen LogP contribution is 2.19. The first kappa shape index (κ1) is 13.6. The molecule has 0 aliphatic rings. The minimum atomic E-state index is -1.16. The first-order valence-corrected chi connectivity index (χ1v) is 5.33. The molecule has 0 aromatic heterocycles. The van der Waals surface area contributed by atoms with E-state index >= 15 is 0 Å². The number of aliphatic carboxylic acids is 1. The number of carboxylic acids is 1. The van der Waals surface area contributed by atoms with Gasteiger partial charge >= 0.3 is 5.97 Å². The molecule has 17 heavy (non-hydrogen) atoms. The van der Waals surface area contributed by atoms with Gasteiger partial charge in [-0.3, -0.25) is 4.79 Å². The van der Waals surface area contributed by atoms with Gasteiger partial charge in [0.05, 0.1) is 4.47 Å². The molecule has 1 rings (SSSR count). The summed E-state index contributed by atoms with van der Waals surface area (Å²) in [6.45, 7) is -0.952. The van der Waals surface area contributed by atoms with Gasteiger partial charge in [0, 0.05) is 5.69 Å². The lowest BCUT2D eigenvalue weighted by Crippen LogP contribution is -2.20. The zero-order valence-corrected chi connectivity index (χ0v) is 10.2. The molecule has 0 radical (unpaired) electrons. The Morgan fingerprint density at radius 1 is 1.41 bits per heavy atom. The molecule has 0 aliphatic carbocycles. The van der Waals surface area contributed by atoms with E-state index in [4.69, 9.17) is 5.11 Å². The summed E-state index contributed by atoms with van der Waals surface area (Å²) in [6.07, 6.45) is 0. The molecule has 0 saturated heterocycles. The summed E-state index contributed by atoms with van der Waals surface area (Å²) >= 11 is 2.98. The fourth-order valence-electron chi connectivity index (χ4n) is 1.00. The van der Waals surface area contributed by atoms with Crippen molar-refractivity contribution in [2.24, 2.45) is 0 Å². The van der Waals surface area contributed by atoms with E-state index in [1.54, 1.807) is 0 Å². The van der Waals surface area contributed by atoms with E-state index in [1.165, 1.54) is 12.1 Å². The van der Waals surface area contributed by atoms with Crippen LogP contribution in [0.5, 0.6) is 0 Å². The minimum Gasteiger partial charge on any atom is -0.480 e. The van der Waals surface area contributed by atoms with Crippen LogP contribution in [-0.2, 0) is 14.3 Å². The Bertz CT molecular complexity index is 438. The smallest absolute Gasteiger partial charge is 0.329 e. The van der Waals surface area contributed by atoms with Crippen LogP contribution in [0.1, 0.15) is 0 Å². The van der Waals surface area contributed by atoms with Gasteiger partial charge in [-0.1, -0.05) is 0 Å². The Hall–Kier alpha value is -1.47. The fourth-order valence-corrected chi connectivity index (χ4v) is 1.25. The summed E-state index contributed by atoms with van der Waals surface area (Å²) in [5.41, 5.74) is 0.273. The van der Waals surface area contributed by atoms with Crippen molar-refractivity contribution in [1.29, 1.82) is 0 Å². The molecule has 0 atom stereocenters. The second kappa shape index (κ2) is 6.31. The van der Waals surface area contributed by atoms with Crippen LogP contribution in [0.4, 0.5) is 10.1 Å². The minimum absolute atomic E-state index is 0.273. The number of carbonyl (C=O) groups is 2. The van der Waals surface area contributed by atoms with Gasteiger partial charge in [0.2, 0.25) is 5.91 Å². The number of halogens is 2. The number of carbonyl (C=O) groups excluding carboxylic acids is 1. The van der Waals surface area contributed by atoms with E-state index < -0.39 is 30.9 Å². The standard InChI is InChI=1S/C10H9BrFNO4/c11-7-2-1-6(3-8(7)12)13-9(14)4-17-5-10(15)16/h1-3H,4-5H2,(H,13,14)(H,15,16). The topological polar surface area (TPSA) is 75.6 Å². The molecule has 1 aromatic rings. The maximum atomic E-state index is 13.1. The third-order valence-electron chi connectivity index (χ3n) is 1.66. The maximum Gasteiger partial charge on any atom is 0.329 e. The van der Waals surface area contributed by atoms with Crippen LogP contribution < -0.4 is 5.32 Å². The van der Waals surface area contributed by atoms with Crippen LogP contribution in [0.3, 0.4) is 0 Å². The predicted molar refractivity (Wildman–Crippen MR) is 61.2 cm³/mol. The highest BCUT2D eigenvalue weighted by molar-refractivity contribution is 9.10. The molecule has 92 valence electrons. The van der Waals surface area contributed by atoms with E-state index in [0.29, 0.717) is 0 Å². The summed E-state index contributed by atoms with van der Waals surface area (Å²) in [5.74, 6) is -2.21. The van der Waals surface area contributed by atoms with Crippen molar-refractivity contribution in [3.63, 3.8) is 0 Å². The normalized spacial score (nSPS) is 10.0. The van der Waals surface area contributed by atoms with E-state index in [2.05, 4.69) is 26.0 Å². The number of hydrogen-bond acceptors (Lipinski definition) is 3. The fraction of sp³-hybridized carbons (Fsp3) is 0.200. The Labute approximate surface area is 105 Å². The highest BCUT2D eigenvalue weighted by atomic mass is 79.9. The summed E-state index contributed by atoms with van der Waals surface area (Å²) in [5, 5.41) is 10.6. The number of benzene rings is 1. The number of hydrogen-bond donors (Lipinski definition) is 2. The molecule has 0 aliphatic heterocycles. The Balaban J connectivity index is 2.45. The van der Waals surface area contributed by atoms with Crippen LogP contribution in [0.2, 0.25) is 0 Å². The molecule has 7 heteroatoms. The van der Waals surface area contributed by atoms with Gasteiger partial charge in [-0.2, -0.15) is 0 Å². The molecule has 1 amide bonds. The van der Waals surface area contributed by atoms with E-state index in [-0.39, 0.29) is 10.2 Å². The zero-order chi connectivity index (χ0) is 12.8. The molecule has 0 unspecified atom stereocenters. The number of rotatable bonds is 5. The largest absolute Gasteiger partial charge is 0.480 e. The third kappa shape index (κ3) is 4.92. The van der Waals surface area contributed by atoms with Gasteiger partial charge in [-0.15, -0.1) is 0 Å². The van der Waals surface area contributed by atoms with Crippen LogP contribution in [-0.4, -0.2) is 30.2 Å². The van der Waals surface area contributed by atoms with Crippen molar-refractivity contribution in [2.75, 3.05) is 18.5 Å². The summed E-state index contributed by atoms with van der Waals surface area (Å²) in [6, 6.07) is 4.09. The number of anilines is 1. The molecule has 0 fully saturated rings. The molecule has 1 aromatic carbocycles. The van der Waals surface area contributed by atoms with Gasteiger partial charge in [-0.25, -0.2) is 9.18 Å². The van der Waals surface area contributed by atoms with Crippen molar-refractivity contribution >= 4 is 33.5 Å². The van der Waals surface area contributed by atoms with Gasteiger partial charge in [0.1, 0.15) is 19.0 Å². The lowest BCUT2D eigenvalue weighted by molar-refractivity contribution is -0.143. The number of nitrogens with one attached hydrogen (secondary N) is 1. The summed E-state index contributed by atoms with van der Waals surface area (Å²) < 4.78 is 17.9. The van der Waals surface area contributed by atoms with Gasteiger partial charge < -0.3 is 15.2 Å². The maximum absolute atomic E-state index is 13.1. The van der Waals surface area contributed by atoms with Crippen LogP contribution in [0, 0.1) is 5.82 Å². The van der Waals surface area contributed by atoms with Crippen molar-refractivity contribution in [1.82, 2.24) is 0 Å². The van der Waals surface area contributed by atoms with E-state index in [9.17, 15) is 14.0 Å². The molecule has 0 bridgehead atoms. The first-order valence-electron chi connectivity index (χ1n) is 4.53. The van der Waals surface area contributed by atoms with E-state index in [0.717, 1.165) is 6.07 Å². The Morgan fingerprint density at radius 2 is 2.12 bits per heavy atom. The summed E-state index contributed by atoms with van der Waals surface area (Å²) in [7, 11) is 0. The van der Waals surface area contributed by atoms with Gasteiger partial charge in [0.25, 0.3) is 0 Å². The SMILES string of the molecule is O=C(O)COCC(=O)Nc1ccc(Br)c(F)c1. The molecule has 5 nitrogen and oxygen atoms in total. The molecule has 0 saturated carbocycles. The Kier molecular flexibility index (Phi) is 5.05. The van der Waals surface area contributed by atoms with Crippen LogP contribution in [0.15, 0.2) is 22.7 Å². The van der Waals surface area contributed by atoms with E-state index in [1.807, 2.05) is 0 Å².